The summed E-state index contributed by atoms with van der Waals surface area (Å²) in [4.78, 5) is 16.1. The molecular formula is C22H33NO. The summed E-state index contributed by atoms with van der Waals surface area (Å²) in [6, 6.07) is 7.87. The van der Waals surface area contributed by atoms with Gasteiger partial charge in [-0.15, -0.1) is 0 Å². The maximum Gasteiger partial charge on any atom is 0.192 e. The largest absolute Gasteiger partial charge is 0.358 e. The predicted octanol–water partition coefficient (Wildman–Crippen LogP) is 6.16. The molecule has 0 saturated carbocycles. The highest BCUT2D eigenvalue weighted by molar-refractivity contribution is 5.79. The van der Waals surface area contributed by atoms with Crippen LogP contribution < -0.4 is 5.43 Å². The Morgan fingerprint density at radius 2 is 1.46 bits per heavy atom. The first kappa shape index (κ1) is 18.8. The lowest BCUT2D eigenvalue weighted by Gasteiger charge is -2.10. The van der Waals surface area contributed by atoms with Crippen LogP contribution in [0, 0.1) is 0 Å². The van der Waals surface area contributed by atoms with Crippen LogP contribution in [0.2, 0.25) is 0 Å². The summed E-state index contributed by atoms with van der Waals surface area (Å²) < 4.78 is 0. The lowest BCUT2D eigenvalue weighted by Crippen LogP contribution is -2.14. The van der Waals surface area contributed by atoms with Gasteiger partial charge in [0.15, 0.2) is 5.43 Å². The first-order valence-corrected chi connectivity index (χ1v) is 9.90. The van der Waals surface area contributed by atoms with Crippen molar-refractivity contribution in [1.29, 1.82) is 0 Å². The van der Waals surface area contributed by atoms with Gasteiger partial charge in [-0.05, 0) is 31.4 Å². The Hall–Kier alpha value is -1.57. The van der Waals surface area contributed by atoms with Crippen molar-refractivity contribution in [3.8, 4) is 0 Å². The lowest BCUT2D eigenvalue weighted by atomic mass is 10.0. The van der Waals surface area contributed by atoms with Gasteiger partial charge in [0.2, 0.25) is 0 Å². The van der Waals surface area contributed by atoms with Crippen LogP contribution in [0.4, 0.5) is 0 Å². The van der Waals surface area contributed by atoms with Crippen LogP contribution in [0.5, 0.6) is 0 Å². The molecule has 132 valence electrons. The van der Waals surface area contributed by atoms with E-state index in [1.807, 2.05) is 24.3 Å². The van der Waals surface area contributed by atoms with Gasteiger partial charge in [0.25, 0.3) is 0 Å². The van der Waals surface area contributed by atoms with Gasteiger partial charge >= 0.3 is 0 Å². The molecule has 0 fully saturated rings. The van der Waals surface area contributed by atoms with Crippen LogP contribution in [0.3, 0.4) is 0 Å². The summed E-state index contributed by atoms with van der Waals surface area (Å²) in [5.74, 6) is 0. The number of unbranched alkanes of at least 4 members (excludes halogenated alkanes) is 8. The Balaban J connectivity index is 1.83. The molecule has 2 nitrogen and oxygen atoms in total. The van der Waals surface area contributed by atoms with E-state index in [0.29, 0.717) is 0 Å². The van der Waals surface area contributed by atoms with E-state index in [1.165, 1.54) is 57.8 Å². The van der Waals surface area contributed by atoms with Gasteiger partial charge in [0.1, 0.15) is 0 Å². The number of benzene rings is 1. The first-order chi connectivity index (χ1) is 11.8. The zero-order valence-electron chi connectivity index (χ0n) is 15.5. The third-order valence-electron chi connectivity index (χ3n) is 4.98. The van der Waals surface area contributed by atoms with Crippen LogP contribution in [0.15, 0.2) is 29.1 Å². The summed E-state index contributed by atoms with van der Waals surface area (Å²) in [7, 11) is 0. The number of aryl methyl sites for hydroxylation is 1. The molecule has 0 aliphatic carbocycles. The number of nitrogens with one attached hydrogen (secondary N) is 1. The van der Waals surface area contributed by atoms with Crippen LogP contribution in [-0.4, -0.2) is 4.98 Å². The van der Waals surface area contributed by atoms with Gasteiger partial charge in [0.05, 0.1) is 0 Å². The van der Waals surface area contributed by atoms with Gasteiger partial charge in [0, 0.05) is 22.2 Å². The fraction of sp³-hybridized carbons (Fsp3) is 0.591. The maximum atomic E-state index is 12.6. The highest BCUT2D eigenvalue weighted by Crippen LogP contribution is 2.16. The van der Waals surface area contributed by atoms with Crippen molar-refractivity contribution < 1.29 is 0 Å². The Kier molecular flexibility index (Phi) is 8.07. The SMILES string of the molecule is CCCCCCCCCCCc1[nH]c2ccccc2c(=O)c1CC. The summed E-state index contributed by atoms with van der Waals surface area (Å²) in [6.07, 6.45) is 13.8. The highest BCUT2D eigenvalue weighted by atomic mass is 16.1. The minimum Gasteiger partial charge on any atom is -0.358 e. The first-order valence-electron chi connectivity index (χ1n) is 9.90. The van der Waals surface area contributed by atoms with E-state index in [2.05, 4.69) is 18.8 Å². The number of aromatic amines is 1. The molecule has 0 bridgehead atoms. The zero-order valence-corrected chi connectivity index (χ0v) is 15.5. The van der Waals surface area contributed by atoms with Crippen molar-refractivity contribution in [3.63, 3.8) is 0 Å². The summed E-state index contributed by atoms with van der Waals surface area (Å²) in [5, 5.41) is 0.824. The zero-order chi connectivity index (χ0) is 17.2. The topological polar surface area (TPSA) is 32.9 Å². The number of pyridine rings is 1. The third kappa shape index (κ3) is 5.22. The summed E-state index contributed by atoms with van der Waals surface area (Å²) in [6.45, 7) is 4.35. The minimum atomic E-state index is 0.220. The quantitative estimate of drug-likeness (QED) is 0.492. The van der Waals surface area contributed by atoms with E-state index < -0.39 is 0 Å². The molecule has 0 radical (unpaired) electrons. The summed E-state index contributed by atoms with van der Waals surface area (Å²) in [5.41, 5.74) is 3.33. The molecule has 2 rings (SSSR count). The van der Waals surface area contributed by atoms with E-state index in [-0.39, 0.29) is 5.43 Å². The van der Waals surface area contributed by atoms with Crippen molar-refractivity contribution in [2.24, 2.45) is 0 Å². The molecule has 0 atom stereocenters. The van der Waals surface area contributed by atoms with E-state index in [0.717, 1.165) is 35.0 Å². The highest BCUT2D eigenvalue weighted by Gasteiger charge is 2.09. The fourth-order valence-electron chi connectivity index (χ4n) is 3.53. The second-order valence-electron chi connectivity index (χ2n) is 6.89. The Labute approximate surface area is 146 Å². The minimum absolute atomic E-state index is 0.220. The van der Waals surface area contributed by atoms with Crippen molar-refractivity contribution in [3.05, 3.63) is 45.7 Å². The summed E-state index contributed by atoms with van der Waals surface area (Å²) >= 11 is 0. The van der Waals surface area contributed by atoms with Gasteiger partial charge in [-0.2, -0.15) is 0 Å². The van der Waals surface area contributed by atoms with E-state index >= 15 is 0 Å². The number of para-hydroxylation sites is 1. The van der Waals surface area contributed by atoms with Gasteiger partial charge in [-0.1, -0.05) is 77.3 Å². The van der Waals surface area contributed by atoms with Gasteiger partial charge in [-0.3, -0.25) is 4.79 Å². The molecule has 1 N–H and O–H groups in total. The number of hydrogen-bond donors (Lipinski definition) is 1. The molecule has 2 aromatic rings. The molecular weight excluding hydrogens is 294 g/mol. The molecule has 1 aromatic carbocycles. The predicted molar refractivity (Wildman–Crippen MR) is 105 cm³/mol. The third-order valence-corrected chi connectivity index (χ3v) is 4.98. The number of fused-ring (bicyclic) bond motifs is 1. The Morgan fingerprint density at radius 1 is 0.833 bits per heavy atom. The lowest BCUT2D eigenvalue weighted by molar-refractivity contribution is 0.563. The van der Waals surface area contributed by atoms with Crippen molar-refractivity contribution in [2.45, 2.75) is 84.5 Å². The van der Waals surface area contributed by atoms with Gasteiger partial charge < -0.3 is 4.98 Å². The van der Waals surface area contributed by atoms with Crippen molar-refractivity contribution in [2.75, 3.05) is 0 Å². The number of H-pyrrole nitrogens is 1. The van der Waals surface area contributed by atoms with E-state index in [1.54, 1.807) is 0 Å². The molecule has 0 spiro atoms. The van der Waals surface area contributed by atoms with Crippen LogP contribution in [0.25, 0.3) is 10.9 Å². The molecule has 0 saturated heterocycles. The molecule has 0 aliphatic heterocycles. The monoisotopic (exact) mass is 327 g/mol. The van der Waals surface area contributed by atoms with E-state index in [4.69, 9.17) is 0 Å². The number of aromatic nitrogens is 1. The van der Waals surface area contributed by atoms with Gasteiger partial charge in [-0.25, -0.2) is 0 Å². The normalized spacial score (nSPS) is 11.2. The van der Waals surface area contributed by atoms with Crippen molar-refractivity contribution >= 4 is 10.9 Å². The average Bonchev–Trinajstić information content (AvgIpc) is 2.60. The fourth-order valence-corrected chi connectivity index (χ4v) is 3.53. The van der Waals surface area contributed by atoms with E-state index in [9.17, 15) is 4.79 Å². The Morgan fingerprint density at radius 3 is 2.12 bits per heavy atom. The molecule has 1 aromatic heterocycles. The molecule has 0 unspecified atom stereocenters. The molecule has 1 heterocycles. The number of hydrogen-bond acceptors (Lipinski definition) is 1. The second kappa shape index (κ2) is 10.3. The standard InChI is InChI=1S/C22H33NO/c1-3-5-6-7-8-9-10-11-12-16-20-18(4-2)22(24)19-15-13-14-17-21(19)23-20/h13-15,17H,3-12,16H2,1-2H3,(H,23,24). The molecule has 2 heteroatoms. The Bertz CT molecular complexity index is 671. The van der Waals surface area contributed by atoms with Crippen LogP contribution >= 0.6 is 0 Å². The maximum absolute atomic E-state index is 12.6. The van der Waals surface area contributed by atoms with Crippen LogP contribution in [-0.2, 0) is 12.8 Å². The van der Waals surface area contributed by atoms with Crippen LogP contribution in [0.1, 0.15) is 82.9 Å². The molecule has 0 amide bonds. The second-order valence-corrected chi connectivity index (χ2v) is 6.89. The smallest absolute Gasteiger partial charge is 0.192 e. The molecule has 24 heavy (non-hydrogen) atoms. The molecule has 0 aliphatic rings. The average molecular weight is 328 g/mol. The van der Waals surface area contributed by atoms with Crippen molar-refractivity contribution in [1.82, 2.24) is 4.98 Å². The number of rotatable bonds is 11.